The molecule has 0 bridgehead atoms. The van der Waals surface area contributed by atoms with Crippen LogP contribution >= 0.6 is 46.3 Å². The number of β-lactam (4-membered cyclic amide) rings is 1. The van der Waals surface area contributed by atoms with Crippen molar-refractivity contribution in [3.05, 3.63) is 44.9 Å². The number of anilines is 1. The number of benzene rings is 1. The summed E-state index contributed by atoms with van der Waals surface area (Å²) < 4.78 is 0. The quantitative estimate of drug-likeness (QED) is 0.439. The first-order valence-corrected chi connectivity index (χ1v) is 11.3. The molecule has 2 amide bonds. The average molecular weight is 485 g/mol. The van der Waals surface area contributed by atoms with Crippen LogP contribution in [0.4, 0.5) is 5.13 Å². The van der Waals surface area contributed by atoms with Gasteiger partial charge >= 0.3 is 5.97 Å². The predicted molar refractivity (Wildman–Crippen MR) is 117 cm³/mol. The lowest BCUT2D eigenvalue weighted by atomic mass is 10.0. The second-order valence-corrected chi connectivity index (χ2v) is 9.39. The fraction of sp³-hybridized carbons (Fsp3) is 0.222. The number of carboxylic acid groups (broad SMARTS) is 1. The molecule has 156 valence electrons. The van der Waals surface area contributed by atoms with Crippen LogP contribution in [0.5, 0.6) is 0 Å². The Kier molecular flexibility index (Phi) is 5.67. The number of hydrogen-bond acceptors (Lipinski definition) is 7. The Labute approximate surface area is 189 Å². The van der Waals surface area contributed by atoms with Crippen LogP contribution < -0.4 is 11.1 Å². The van der Waals surface area contributed by atoms with E-state index in [0.29, 0.717) is 21.3 Å². The first-order chi connectivity index (χ1) is 14.3. The molecular weight excluding hydrogens is 471 g/mol. The van der Waals surface area contributed by atoms with Crippen LogP contribution in [0.25, 0.3) is 11.6 Å². The van der Waals surface area contributed by atoms with Crippen molar-refractivity contribution in [3.8, 4) is 0 Å². The van der Waals surface area contributed by atoms with E-state index in [1.165, 1.54) is 22.7 Å². The van der Waals surface area contributed by atoms with E-state index in [2.05, 4.69) is 10.3 Å². The van der Waals surface area contributed by atoms with Gasteiger partial charge < -0.3 is 21.1 Å². The Morgan fingerprint density at radius 1 is 1.33 bits per heavy atom. The molecule has 2 unspecified atom stereocenters. The van der Waals surface area contributed by atoms with Crippen molar-refractivity contribution in [2.45, 2.75) is 17.5 Å². The maximum Gasteiger partial charge on any atom is 0.327 e. The third-order valence-electron chi connectivity index (χ3n) is 4.74. The van der Waals surface area contributed by atoms with Gasteiger partial charge in [0.1, 0.15) is 17.5 Å². The highest BCUT2D eigenvalue weighted by Crippen LogP contribution is 2.40. The van der Waals surface area contributed by atoms with E-state index in [0.717, 1.165) is 11.3 Å². The number of fused-ring (bicyclic) bond motifs is 1. The fourth-order valence-electron chi connectivity index (χ4n) is 3.27. The van der Waals surface area contributed by atoms with E-state index >= 15 is 0 Å². The zero-order chi connectivity index (χ0) is 21.6. The summed E-state index contributed by atoms with van der Waals surface area (Å²) in [5, 5.41) is 14.1. The van der Waals surface area contributed by atoms with Crippen molar-refractivity contribution in [3.63, 3.8) is 0 Å². The average Bonchev–Trinajstić information content (AvgIpc) is 3.30. The molecular formula is C18H14Cl2N4O4S2. The van der Waals surface area contributed by atoms with Crippen molar-refractivity contribution >= 4 is 80.9 Å². The minimum atomic E-state index is -1.06. The maximum atomic E-state index is 13.1. The Morgan fingerprint density at radius 2 is 2.03 bits per heavy atom. The highest BCUT2D eigenvalue weighted by molar-refractivity contribution is 8.00. The van der Waals surface area contributed by atoms with Gasteiger partial charge in [-0.2, -0.15) is 0 Å². The molecule has 1 aromatic heterocycles. The number of nitrogens with one attached hydrogen (secondary N) is 1. The fourth-order valence-corrected chi connectivity index (χ4v) is 5.81. The number of halogens is 2. The van der Waals surface area contributed by atoms with E-state index in [9.17, 15) is 19.5 Å². The van der Waals surface area contributed by atoms with Crippen molar-refractivity contribution in [1.29, 1.82) is 0 Å². The Bertz CT molecular complexity index is 1070. The summed E-state index contributed by atoms with van der Waals surface area (Å²) in [7, 11) is 0. The summed E-state index contributed by atoms with van der Waals surface area (Å²) in [5.74, 6) is -1.78. The number of carbonyl (C=O) groups excluding carboxylic acids is 2. The number of thioether (sulfide) groups is 1. The SMILES string of the molecule is Nc1nc(C(=Cc2c(Cl)cccc2Cl)C(=O)NC2C(=O)N3C(C(=O)O)CS[C@H]23)cs1. The van der Waals surface area contributed by atoms with Crippen molar-refractivity contribution in [2.24, 2.45) is 0 Å². The predicted octanol–water partition coefficient (Wildman–Crippen LogP) is 2.43. The number of rotatable bonds is 5. The molecule has 2 aromatic rings. The molecule has 2 saturated heterocycles. The summed E-state index contributed by atoms with van der Waals surface area (Å²) in [6.45, 7) is 0. The van der Waals surface area contributed by atoms with Gasteiger partial charge in [-0.1, -0.05) is 29.3 Å². The van der Waals surface area contributed by atoms with E-state index in [1.807, 2.05) is 0 Å². The number of nitrogen functional groups attached to an aromatic ring is 1. The molecule has 30 heavy (non-hydrogen) atoms. The Balaban J connectivity index is 1.63. The number of aliphatic carboxylic acids is 1. The molecule has 0 spiro atoms. The standard InChI is InChI=1S/C18H14Cl2N4O4S2/c19-9-2-1-3-10(20)7(9)4-8(11-5-30-18(21)22-11)14(25)23-13-15(26)24-12(17(27)28)6-29-16(13)24/h1-5,12-13,16H,6H2,(H2,21,22)(H,23,25)(H,27,28)/t12?,13?,16-/m1/s1. The number of thiazole rings is 1. The Morgan fingerprint density at radius 3 is 2.63 bits per heavy atom. The Hall–Kier alpha value is -2.27. The van der Waals surface area contributed by atoms with Gasteiger partial charge in [0, 0.05) is 26.7 Å². The van der Waals surface area contributed by atoms with Crippen LogP contribution in [0.1, 0.15) is 11.3 Å². The van der Waals surface area contributed by atoms with Gasteiger partial charge in [0.15, 0.2) is 5.13 Å². The second kappa shape index (κ2) is 8.10. The molecule has 2 fully saturated rings. The lowest BCUT2D eigenvalue weighted by molar-refractivity contribution is -0.158. The minimum Gasteiger partial charge on any atom is -0.480 e. The minimum absolute atomic E-state index is 0.141. The van der Waals surface area contributed by atoms with E-state index in [-0.39, 0.29) is 16.5 Å². The number of nitrogens with zero attached hydrogens (tertiary/aromatic N) is 2. The molecule has 4 rings (SSSR count). The van der Waals surface area contributed by atoms with Crippen molar-refractivity contribution in [2.75, 3.05) is 11.5 Å². The number of carbonyl (C=O) groups is 3. The number of hydrogen-bond donors (Lipinski definition) is 3. The summed E-state index contributed by atoms with van der Waals surface area (Å²) in [6, 6.07) is 3.25. The number of carboxylic acids is 1. The molecule has 3 atom stereocenters. The van der Waals surface area contributed by atoms with Gasteiger partial charge in [-0.25, -0.2) is 9.78 Å². The van der Waals surface area contributed by atoms with Gasteiger partial charge in [0.25, 0.3) is 5.91 Å². The third-order valence-corrected chi connectivity index (χ3v) is 7.43. The lowest BCUT2D eigenvalue weighted by Crippen LogP contribution is -2.70. The third kappa shape index (κ3) is 3.64. The molecule has 0 aliphatic carbocycles. The summed E-state index contributed by atoms with van der Waals surface area (Å²) in [5.41, 5.74) is 6.61. The van der Waals surface area contributed by atoms with E-state index in [4.69, 9.17) is 28.9 Å². The van der Waals surface area contributed by atoms with Gasteiger partial charge in [-0.05, 0) is 18.2 Å². The van der Waals surface area contributed by atoms with Gasteiger partial charge in [-0.3, -0.25) is 9.59 Å². The molecule has 12 heteroatoms. The van der Waals surface area contributed by atoms with Crippen LogP contribution in [-0.4, -0.2) is 56.0 Å². The first-order valence-electron chi connectivity index (χ1n) is 8.62. The van der Waals surface area contributed by atoms with E-state index in [1.54, 1.807) is 23.6 Å². The highest BCUT2D eigenvalue weighted by atomic mass is 35.5. The van der Waals surface area contributed by atoms with Gasteiger partial charge in [0.05, 0.1) is 11.3 Å². The van der Waals surface area contributed by atoms with Crippen LogP contribution in [-0.2, 0) is 14.4 Å². The van der Waals surface area contributed by atoms with E-state index < -0.39 is 35.2 Å². The number of nitrogens with two attached hydrogens (primary N) is 1. The summed E-state index contributed by atoms with van der Waals surface area (Å²) in [4.78, 5) is 42.3. The van der Waals surface area contributed by atoms with Gasteiger partial charge in [0.2, 0.25) is 5.91 Å². The molecule has 3 heterocycles. The van der Waals surface area contributed by atoms with Crippen LogP contribution in [0.15, 0.2) is 23.6 Å². The lowest BCUT2D eigenvalue weighted by Gasteiger charge is -2.43. The summed E-state index contributed by atoms with van der Waals surface area (Å²) >= 11 is 14.9. The maximum absolute atomic E-state index is 13.1. The molecule has 1 aromatic carbocycles. The number of aromatic nitrogens is 1. The largest absolute Gasteiger partial charge is 0.480 e. The van der Waals surface area contributed by atoms with Crippen LogP contribution in [0.3, 0.4) is 0 Å². The van der Waals surface area contributed by atoms with Crippen LogP contribution in [0, 0.1) is 0 Å². The molecule has 2 aliphatic rings. The monoisotopic (exact) mass is 484 g/mol. The molecule has 0 radical (unpaired) electrons. The second-order valence-electron chi connectivity index (χ2n) is 6.54. The number of amides is 2. The molecule has 8 nitrogen and oxygen atoms in total. The van der Waals surface area contributed by atoms with Gasteiger partial charge in [-0.15, -0.1) is 23.1 Å². The molecule has 2 aliphatic heterocycles. The molecule has 0 saturated carbocycles. The first kappa shape index (κ1) is 21.0. The van der Waals surface area contributed by atoms with Crippen LogP contribution in [0.2, 0.25) is 10.0 Å². The van der Waals surface area contributed by atoms with Crippen molar-refractivity contribution in [1.82, 2.24) is 15.2 Å². The zero-order valence-corrected chi connectivity index (χ0v) is 18.2. The summed E-state index contributed by atoms with van der Waals surface area (Å²) in [6.07, 6.45) is 1.50. The molecule has 4 N–H and O–H groups in total. The normalized spacial score (nSPS) is 23.1. The zero-order valence-electron chi connectivity index (χ0n) is 15.0. The highest BCUT2D eigenvalue weighted by Gasteiger charge is 2.57. The van der Waals surface area contributed by atoms with Crippen molar-refractivity contribution < 1.29 is 19.5 Å². The smallest absolute Gasteiger partial charge is 0.327 e. The topological polar surface area (TPSA) is 126 Å².